The van der Waals surface area contributed by atoms with Gasteiger partial charge in [-0.2, -0.15) is 5.26 Å². The average molecular weight is 392 g/mol. The fourth-order valence-electron chi connectivity index (χ4n) is 2.99. The molecular formula is C21H24N6O2. The Morgan fingerprint density at radius 2 is 2.14 bits per heavy atom. The number of amides is 1. The van der Waals surface area contributed by atoms with Crippen molar-refractivity contribution in [1.29, 1.82) is 5.26 Å². The molecular weight excluding hydrogens is 368 g/mol. The molecule has 8 nitrogen and oxygen atoms in total. The quantitative estimate of drug-likeness (QED) is 0.630. The predicted octanol–water partition coefficient (Wildman–Crippen LogP) is 2.29. The maximum absolute atomic E-state index is 11.8. The van der Waals surface area contributed by atoms with Crippen LogP contribution in [0, 0.1) is 17.2 Å². The Kier molecular flexibility index (Phi) is 6.52. The highest BCUT2D eigenvalue weighted by Crippen LogP contribution is 2.30. The van der Waals surface area contributed by atoms with E-state index < -0.39 is 0 Å². The van der Waals surface area contributed by atoms with Gasteiger partial charge in [-0.05, 0) is 39.1 Å². The normalized spacial score (nSPS) is 14.1. The molecule has 3 rings (SSSR count). The topological polar surface area (TPSA) is 111 Å². The number of carbonyl (C=O) groups is 2. The summed E-state index contributed by atoms with van der Waals surface area (Å²) in [7, 11) is 3.86. The van der Waals surface area contributed by atoms with Crippen LogP contribution in [0.15, 0.2) is 30.6 Å². The van der Waals surface area contributed by atoms with E-state index in [0.717, 1.165) is 24.7 Å². The van der Waals surface area contributed by atoms with Gasteiger partial charge >= 0.3 is 0 Å². The third-order valence-electron chi connectivity index (χ3n) is 4.61. The zero-order chi connectivity index (χ0) is 20.8. The first-order valence-electron chi connectivity index (χ1n) is 9.52. The second kappa shape index (κ2) is 9.26. The van der Waals surface area contributed by atoms with Crippen molar-refractivity contribution in [3.63, 3.8) is 0 Å². The van der Waals surface area contributed by atoms with E-state index in [4.69, 9.17) is 0 Å². The van der Waals surface area contributed by atoms with Crippen LogP contribution in [-0.4, -0.2) is 53.7 Å². The van der Waals surface area contributed by atoms with Crippen molar-refractivity contribution in [3.8, 4) is 17.3 Å². The molecule has 1 atom stereocenters. The molecule has 1 saturated carbocycles. The molecule has 8 heteroatoms. The molecule has 29 heavy (non-hydrogen) atoms. The van der Waals surface area contributed by atoms with Crippen LogP contribution in [0.5, 0.6) is 0 Å². The number of anilines is 2. The summed E-state index contributed by atoms with van der Waals surface area (Å²) in [5.41, 5.74) is 2.55. The third-order valence-corrected chi connectivity index (χ3v) is 4.61. The van der Waals surface area contributed by atoms with Crippen molar-refractivity contribution in [3.05, 3.63) is 36.2 Å². The fraction of sp³-hybridized carbons (Fsp3) is 0.381. The highest BCUT2D eigenvalue weighted by Gasteiger charge is 2.29. The number of nitriles is 1. The molecule has 1 aromatic heterocycles. The van der Waals surface area contributed by atoms with Gasteiger partial charge in [0, 0.05) is 30.5 Å². The van der Waals surface area contributed by atoms with Crippen LogP contribution in [0.3, 0.4) is 0 Å². The number of likely N-dealkylation sites (N-methyl/N-ethyl adjacent to an activating group) is 1. The van der Waals surface area contributed by atoms with Crippen molar-refractivity contribution in [2.24, 2.45) is 5.92 Å². The van der Waals surface area contributed by atoms with Gasteiger partial charge in [0.2, 0.25) is 5.91 Å². The van der Waals surface area contributed by atoms with Crippen molar-refractivity contribution in [2.75, 3.05) is 31.3 Å². The van der Waals surface area contributed by atoms with E-state index in [1.54, 1.807) is 18.3 Å². The number of nitrogens with one attached hydrogen (secondary N) is 2. The molecule has 2 aromatic rings. The SMILES string of the molecule is CN(C)C[C@H](CC=O)Nc1cc(-c2cnc(NC(=O)C3CC3)cn2)ccc1C#N. The van der Waals surface area contributed by atoms with Crippen molar-refractivity contribution >= 4 is 23.7 Å². The first kappa shape index (κ1) is 20.4. The minimum absolute atomic E-state index is 0.0148. The summed E-state index contributed by atoms with van der Waals surface area (Å²) in [6.45, 7) is 0.656. The van der Waals surface area contributed by atoms with E-state index in [2.05, 4.69) is 26.7 Å². The number of carbonyl (C=O) groups excluding carboxylic acids is 2. The number of nitrogens with zero attached hydrogens (tertiary/aromatic N) is 4. The van der Waals surface area contributed by atoms with Crippen LogP contribution >= 0.6 is 0 Å². The number of rotatable bonds is 9. The maximum Gasteiger partial charge on any atom is 0.228 e. The number of aromatic nitrogens is 2. The summed E-state index contributed by atoms with van der Waals surface area (Å²) in [6.07, 6.45) is 6.19. The van der Waals surface area contributed by atoms with Gasteiger partial charge in [-0.25, -0.2) is 4.98 Å². The standard InChI is InChI=1S/C21H24N6O2/c1-27(2)13-17(7-8-28)25-18-9-15(5-6-16(18)10-22)19-11-24-20(12-23-19)26-21(29)14-3-4-14/h5-6,8-9,11-12,14,17,25H,3-4,7,13H2,1-2H3,(H,24,26,29)/t17-/m0/s1. The molecule has 0 aliphatic heterocycles. The molecule has 2 N–H and O–H groups in total. The molecule has 1 heterocycles. The highest BCUT2D eigenvalue weighted by atomic mass is 16.2. The minimum atomic E-state index is -0.115. The zero-order valence-electron chi connectivity index (χ0n) is 16.6. The molecule has 0 bridgehead atoms. The molecule has 150 valence electrons. The largest absolute Gasteiger partial charge is 0.379 e. The van der Waals surface area contributed by atoms with E-state index in [-0.39, 0.29) is 17.9 Å². The van der Waals surface area contributed by atoms with Gasteiger partial charge in [0.1, 0.15) is 12.4 Å². The van der Waals surface area contributed by atoms with E-state index in [0.29, 0.717) is 35.7 Å². The Labute approximate surface area is 170 Å². The highest BCUT2D eigenvalue weighted by molar-refractivity contribution is 5.93. The van der Waals surface area contributed by atoms with Crippen LogP contribution in [0.2, 0.25) is 0 Å². The van der Waals surface area contributed by atoms with Gasteiger partial charge in [0.25, 0.3) is 0 Å². The Bertz CT molecular complexity index is 916. The van der Waals surface area contributed by atoms with Crippen molar-refractivity contribution in [2.45, 2.75) is 25.3 Å². The smallest absolute Gasteiger partial charge is 0.228 e. The summed E-state index contributed by atoms with van der Waals surface area (Å²) < 4.78 is 0. The van der Waals surface area contributed by atoms with Crippen LogP contribution in [0.1, 0.15) is 24.8 Å². The molecule has 0 radical (unpaired) electrons. The monoisotopic (exact) mass is 392 g/mol. The summed E-state index contributed by atoms with van der Waals surface area (Å²) in [6, 6.07) is 7.41. The molecule has 1 aromatic carbocycles. The summed E-state index contributed by atoms with van der Waals surface area (Å²) in [4.78, 5) is 33.5. The van der Waals surface area contributed by atoms with Gasteiger partial charge in [-0.15, -0.1) is 0 Å². The second-order valence-corrected chi connectivity index (χ2v) is 7.43. The van der Waals surface area contributed by atoms with Crippen molar-refractivity contribution < 1.29 is 9.59 Å². The molecule has 0 spiro atoms. The zero-order valence-corrected chi connectivity index (χ0v) is 16.6. The number of hydrogen-bond acceptors (Lipinski definition) is 7. The Balaban J connectivity index is 1.79. The number of benzene rings is 1. The van der Waals surface area contributed by atoms with Crippen LogP contribution in [0.25, 0.3) is 11.3 Å². The molecule has 0 unspecified atom stereocenters. The summed E-state index contributed by atoms with van der Waals surface area (Å²) >= 11 is 0. The molecule has 1 amide bonds. The third kappa shape index (κ3) is 5.59. The van der Waals surface area contributed by atoms with Gasteiger partial charge in [-0.3, -0.25) is 9.78 Å². The number of hydrogen-bond donors (Lipinski definition) is 2. The van der Waals surface area contributed by atoms with Gasteiger partial charge < -0.3 is 20.3 Å². The van der Waals surface area contributed by atoms with E-state index in [1.165, 1.54) is 6.20 Å². The minimum Gasteiger partial charge on any atom is -0.379 e. The van der Waals surface area contributed by atoms with Crippen molar-refractivity contribution in [1.82, 2.24) is 14.9 Å². The predicted molar refractivity (Wildman–Crippen MR) is 110 cm³/mol. The van der Waals surface area contributed by atoms with E-state index in [9.17, 15) is 14.9 Å². The summed E-state index contributed by atoms with van der Waals surface area (Å²) in [5, 5.41) is 15.5. The fourth-order valence-corrected chi connectivity index (χ4v) is 2.99. The first-order chi connectivity index (χ1) is 14.0. The van der Waals surface area contributed by atoms with Gasteiger partial charge in [0.15, 0.2) is 5.82 Å². The van der Waals surface area contributed by atoms with Crippen LogP contribution < -0.4 is 10.6 Å². The Hall–Kier alpha value is -3.31. The van der Waals surface area contributed by atoms with Crippen LogP contribution in [-0.2, 0) is 9.59 Å². The maximum atomic E-state index is 11.8. The lowest BCUT2D eigenvalue weighted by atomic mass is 10.1. The van der Waals surface area contributed by atoms with Gasteiger partial charge in [-0.1, -0.05) is 6.07 Å². The lowest BCUT2D eigenvalue weighted by Gasteiger charge is -2.22. The Morgan fingerprint density at radius 3 is 2.72 bits per heavy atom. The van der Waals surface area contributed by atoms with E-state index >= 15 is 0 Å². The molecule has 1 aliphatic carbocycles. The van der Waals surface area contributed by atoms with E-state index in [1.807, 2.05) is 25.1 Å². The average Bonchev–Trinajstić information content (AvgIpc) is 3.54. The molecule has 1 aliphatic rings. The van der Waals surface area contributed by atoms with Gasteiger partial charge in [0.05, 0.1) is 29.3 Å². The lowest BCUT2D eigenvalue weighted by molar-refractivity contribution is -0.117. The number of aldehydes is 1. The molecule has 0 saturated heterocycles. The Morgan fingerprint density at radius 1 is 1.34 bits per heavy atom. The first-order valence-corrected chi connectivity index (χ1v) is 9.52. The second-order valence-electron chi connectivity index (χ2n) is 7.43. The summed E-state index contributed by atoms with van der Waals surface area (Å²) in [5.74, 6) is 0.513. The molecule has 1 fully saturated rings. The van der Waals surface area contributed by atoms with Crippen LogP contribution in [0.4, 0.5) is 11.5 Å². The lowest BCUT2D eigenvalue weighted by Crippen LogP contribution is -2.33.